The minimum atomic E-state index is -1.29. The van der Waals surface area contributed by atoms with Crippen molar-refractivity contribution in [1.29, 1.82) is 0 Å². The van der Waals surface area contributed by atoms with E-state index in [1.807, 2.05) is 30.3 Å². The lowest BCUT2D eigenvalue weighted by atomic mass is 9.79. The lowest BCUT2D eigenvalue weighted by Gasteiger charge is -2.36. The van der Waals surface area contributed by atoms with E-state index < -0.39 is 29.7 Å². The number of benzene rings is 2. The van der Waals surface area contributed by atoms with Crippen LogP contribution in [0.25, 0.3) is 0 Å². The number of fused-ring (bicyclic) bond motifs is 2. The van der Waals surface area contributed by atoms with Crippen LogP contribution in [-0.2, 0) is 30.2 Å². The number of methoxy groups -OCH3 is 2. The summed E-state index contributed by atoms with van der Waals surface area (Å²) in [4.78, 5) is 25.5. The number of esters is 2. The van der Waals surface area contributed by atoms with Gasteiger partial charge in [-0.05, 0) is 42.3 Å². The Morgan fingerprint density at radius 3 is 2.31 bits per heavy atom. The second kappa shape index (κ2) is 8.98. The van der Waals surface area contributed by atoms with Crippen LogP contribution < -0.4 is 5.32 Å². The first kappa shape index (κ1) is 22.4. The first-order chi connectivity index (χ1) is 15.4. The van der Waals surface area contributed by atoms with Gasteiger partial charge >= 0.3 is 11.9 Å². The molecule has 2 aromatic carbocycles. The molecule has 3 unspecified atom stereocenters. The lowest BCUT2D eigenvalue weighted by molar-refractivity contribution is -0.139. The van der Waals surface area contributed by atoms with E-state index in [1.54, 1.807) is 30.4 Å². The summed E-state index contributed by atoms with van der Waals surface area (Å²) < 4.78 is 16.2. The van der Waals surface area contributed by atoms with E-state index in [4.69, 9.17) is 37.4 Å². The maximum atomic E-state index is 12.9. The number of rotatable bonds is 7. The van der Waals surface area contributed by atoms with Crippen molar-refractivity contribution in [2.24, 2.45) is 0 Å². The van der Waals surface area contributed by atoms with Crippen LogP contribution in [0.1, 0.15) is 5.56 Å². The molecule has 4 rings (SSSR count). The SMILES string of the molecule is COC(=O)C1=C(C(=O)OC)C2(C(Cc3c(Cl)cccc3Cl)Nc3ccccc3)C=CC1O2. The largest absolute Gasteiger partial charge is 0.466 e. The highest BCUT2D eigenvalue weighted by molar-refractivity contribution is 6.36. The van der Waals surface area contributed by atoms with E-state index in [0.29, 0.717) is 22.0 Å². The molecule has 166 valence electrons. The number of hydrogen-bond donors (Lipinski definition) is 1. The van der Waals surface area contributed by atoms with E-state index in [0.717, 1.165) is 5.69 Å². The predicted octanol–water partition coefficient (Wildman–Crippen LogP) is 4.37. The van der Waals surface area contributed by atoms with Crippen molar-refractivity contribution in [2.75, 3.05) is 19.5 Å². The number of carbonyl (C=O) groups excluding carboxylic acids is 2. The molecular weight excluding hydrogens is 453 g/mol. The van der Waals surface area contributed by atoms with Crippen LogP contribution in [-0.4, -0.2) is 43.9 Å². The number of ether oxygens (including phenoxy) is 3. The second-order valence-electron chi connectivity index (χ2n) is 7.43. The molecule has 0 fully saturated rings. The smallest absolute Gasteiger partial charge is 0.337 e. The van der Waals surface area contributed by atoms with Gasteiger partial charge in [0.1, 0.15) is 11.7 Å². The molecular formula is C24H21Cl2NO5. The molecule has 0 aromatic heterocycles. The highest BCUT2D eigenvalue weighted by atomic mass is 35.5. The summed E-state index contributed by atoms with van der Waals surface area (Å²) in [5.74, 6) is -1.31. The maximum Gasteiger partial charge on any atom is 0.337 e. The Bertz CT molecular complexity index is 1090. The van der Waals surface area contributed by atoms with Gasteiger partial charge in [0.25, 0.3) is 0 Å². The Kier molecular flexibility index (Phi) is 6.29. The summed E-state index contributed by atoms with van der Waals surface area (Å²) in [5.41, 5.74) is 0.434. The normalized spacial score (nSPS) is 22.1. The molecule has 0 saturated heterocycles. The Hall–Kier alpha value is -2.80. The summed E-state index contributed by atoms with van der Waals surface area (Å²) >= 11 is 12.9. The predicted molar refractivity (Wildman–Crippen MR) is 122 cm³/mol. The molecule has 2 aliphatic rings. The van der Waals surface area contributed by atoms with Crippen LogP contribution >= 0.6 is 23.2 Å². The van der Waals surface area contributed by atoms with E-state index in [2.05, 4.69) is 5.32 Å². The number of para-hydroxylation sites is 1. The number of anilines is 1. The van der Waals surface area contributed by atoms with Gasteiger partial charge in [-0.15, -0.1) is 0 Å². The van der Waals surface area contributed by atoms with Crippen molar-refractivity contribution < 1.29 is 23.8 Å². The maximum absolute atomic E-state index is 12.9. The van der Waals surface area contributed by atoms with E-state index in [-0.39, 0.29) is 11.1 Å². The number of hydrogen-bond acceptors (Lipinski definition) is 6. The minimum absolute atomic E-state index is 0.107. The zero-order chi connectivity index (χ0) is 22.9. The fraction of sp³-hybridized carbons (Fsp3) is 0.250. The van der Waals surface area contributed by atoms with Crippen LogP contribution in [0, 0.1) is 0 Å². The van der Waals surface area contributed by atoms with Crippen molar-refractivity contribution in [1.82, 2.24) is 0 Å². The van der Waals surface area contributed by atoms with Crippen molar-refractivity contribution in [3.05, 3.63) is 87.4 Å². The van der Waals surface area contributed by atoms with Crippen molar-refractivity contribution in [3.8, 4) is 0 Å². The first-order valence-electron chi connectivity index (χ1n) is 9.94. The zero-order valence-electron chi connectivity index (χ0n) is 17.4. The molecule has 0 radical (unpaired) electrons. The van der Waals surface area contributed by atoms with Gasteiger partial charge in [0, 0.05) is 15.7 Å². The molecule has 3 atom stereocenters. The standard InChI is InChI=1S/C24H21Cl2NO5/c1-30-22(28)20-18-11-12-24(32-18,21(20)23(29)31-2)19(27-14-7-4-3-5-8-14)13-15-16(25)9-6-10-17(15)26/h3-12,18-19,27H,13H2,1-2H3. The molecule has 0 saturated carbocycles. The third kappa shape index (κ3) is 3.79. The lowest BCUT2D eigenvalue weighted by Crippen LogP contribution is -2.49. The van der Waals surface area contributed by atoms with Gasteiger partial charge in [-0.2, -0.15) is 0 Å². The third-order valence-corrected chi connectivity index (χ3v) is 6.39. The minimum Gasteiger partial charge on any atom is -0.466 e. The van der Waals surface area contributed by atoms with Crippen LogP contribution in [0.15, 0.2) is 71.8 Å². The fourth-order valence-electron chi connectivity index (χ4n) is 4.22. The number of carbonyl (C=O) groups is 2. The monoisotopic (exact) mass is 473 g/mol. The summed E-state index contributed by atoms with van der Waals surface area (Å²) in [5, 5.41) is 4.42. The van der Waals surface area contributed by atoms with E-state index in [1.165, 1.54) is 14.2 Å². The molecule has 8 heteroatoms. The van der Waals surface area contributed by atoms with Gasteiger partial charge in [-0.25, -0.2) is 9.59 Å². The summed E-state index contributed by atoms with van der Waals surface area (Å²) in [6, 6.07) is 14.2. The van der Waals surface area contributed by atoms with Gasteiger partial charge < -0.3 is 19.5 Å². The highest BCUT2D eigenvalue weighted by Crippen LogP contribution is 2.48. The van der Waals surface area contributed by atoms with Gasteiger partial charge in [0.15, 0.2) is 0 Å². The average molecular weight is 474 g/mol. The van der Waals surface area contributed by atoms with E-state index in [9.17, 15) is 9.59 Å². The van der Waals surface area contributed by atoms with Crippen LogP contribution in [0.3, 0.4) is 0 Å². The van der Waals surface area contributed by atoms with E-state index >= 15 is 0 Å². The molecule has 2 heterocycles. The molecule has 0 spiro atoms. The number of nitrogens with one attached hydrogen (secondary N) is 1. The highest BCUT2D eigenvalue weighted by Gasteiger charge is 2.58. The third-order valence-electron chi connectivity index (χ3n) is 5.68. The zero-order valence-corrected chi connectivity index (χ0v) is 18.9. The van der Waals surface area contributed by atoms with Crippen LogP contribution in [0.4, 0.5) is 5.69 Å². The van der Waals surface area contributed by atoms with Gasteiger partial charge in [-0.1, -0.05) is 53.5 Å². The Labute approximate surface area is 195 Å². The number of halogens is 2. The average Bonchev–Trinajstić information content (AvgIpc) is 3.38. The first-order valence-corrected chi connectivity index (χ1v) is 10.7. The molecule has 2 aliphatic heterocycles. The molecule has 0 aliphatic carbocycles. The molecule has 2 bridgehead atoms. The second-order valence-corrected chi connectivity index (χ2v) is 8.24. The van der Waals surface area contributed by atoms with Crippen LogP contribution in [0.5, 0.6) is 0 Å². The Balaban J connectivity index is 1.85. The Morgan fingerprint density at radius 1 is 1.03 bits per heavy atom. The Morgan fingerprint density at radius 2 is 1.69 bits per heavy atom. The van der Waals surface area contributed by atoms with Gasteiger partial charge in [-0.3, -0.25) is 0 Å². The molecule has 1 N–H and O–H groups in total. The molecule has 6 nitrogen and oxygen atoms in total. The fourth-order valence-corrected chi connectivity index (χ4v) is 4.77. The summed E-state index contributed by atoms with van der Waals surface area (Å²) in [7, 11) is 2.52. The van der Waals surface area contributed by atoms with Gasteiger partial charge in [0.2, 0.25) is 0 Å². The molecule has 32 heavy (non-hydrogen) atoms. The topological polar surface area (TPSA) is 73.9 Å². The molecule has 2 aromatic rings. The van der Waals surface area contributed by atoms with Crippen LogP contribution in [0.2, 0.25) is 10.0 Å². The van der Waals surface area contributed by atoms with Crippen molar-refractivity contribution in [2.45, 2.75) is 24.2 Å². The van der Waals surface area contributed by atoms with Gasteiger partial charge in [0.05, 0.1) is 31.4 Å². The summed E-state index contributed by atoms with van der Waals surface area (Å²) in [6.45, 7) is 0. The van der Waals surface area contributed by atoms with Crippen molar-refractivity contribution >= 4 is 40.8 Å². The summed E-state index contributed by atoms with van der Waals surface area (Å²) in [6.07, 6.45) is 3.10. The molecule has 0 amide bonds. The van der Waals surface area contributed by atoms with Crippen molar-refractivity contribution in [3.63, 3.8) is 0 Å². The quantitative estimate of drug-likeness (QED) is 0.475.